The monoisotopic (exact) mass is 408 g/mol. The van der Waals surface area contributed by atoms with E-state index in [1.807, 2.05) is 42.5 Å². The summed E-state index contributed by atoms with van der Waals surface area (Å²) in [6.45, 7) is 2.51. The summed E-state index contributed by atoms with van der Waals surface area (Å²) in [6, 6.07) is 18.7. The highest BCUT2D eigenvalue weighted by atomic mass is 16.5. The van der Waals surface area contributed by atoms with Gasteiger partial charge in [0.2, 0.25) is 5.91 Å². The van der Waals surface area contributed by atoms with E-state index in [2.05, 4.69) is 21.9 Å². The second-order valence-electron chi connectivity index (χ2n) is 8.44. The molecular weight excluding hydrogens is 376 g/mol. The van der Waals surface area contributed by atoms with Gasteiger partial charge in [0.15, 0.2) is 0 Å². The molecule has 160 valence electrons. The zero-order valence-electron chi connectivity index (χ0n) is 17.6. The zero-order chi connectivity index (χ0) is 20.8. The van der Waals surface area contributed by atoms with E-state index in [1.54, 1.807) is 0 Å². The second kappa shape index (κ2) is 10.1. The predicted octanol–water partition coefficient (Wildman–Crippen LogP) is 3.75. The lowest BCUT2D eigenvalue weighted by Crippen LogP contribution is -2.44. The van der Waals surface area contributed by atoms with E-state index in [-0.39, 0.29) is 12.5 Å². The van der Waals surface area contributed by atoms with Crippen molar-refractivity contribution in [3.05, 3.63) is 65.7 Å². The highest BCUT2D eigenvalue weighted by Gasteiger charge is 2.30. The van der Waals surface area contributed by atoms with Crippen LogP contribution in [0, 0.1) is 0 Å². The molecule has 5 nitrogen and oxygen atoms in total. The molecule has 2 aliphatic rings. The van der Waals surface area contributed by atoms with Crippen molar-refractivity contribution in [1.82, 2.24) is 4.90 Å². The fourth-order valence-electron chi connectivity index (χ4n) is 4.65. The van der Waals surface area contributed by atoms with Crippen LogP contribution in [0.15, 0.2) is 54.6 Å². The Bertz CT molecular complexity index is 820. The van der Waals surface area contributed by atoms with Crippen LogP contribution in [-0.4, -0.2) is 47.8 Å². The molecule has 0 radical (unpaired) electrons. The number of hydrogen-bond donors (Lipinski definition) is 1. The van der Waals surface area contributed by atoms with Gasteiger partial charge in [0.1, 0.15) is 0 Å². The number of hydrogen-bond acceptors (Lipinski definition) is 4. The Hall–Kier alpha value is -2.37. The number of benzene rings is 2. The lowest BCUT2D eigenvalue weighted by atomic mass is 10.1. The van der Waals surface area contributed by atoms with Crippen LogP contribution in [0.3, 0.4) is 0 Å². The van der Waals surface area contributed by atoms with Crippen molar-refractivity contribution < 1.29 is 14.6 Å². The molecule has 5 heteroatoms. The van der Waals surface area contributed by atoms with Crippen LogP contribution in [0.2, 0.25) is 0 Å². The van der Waals surface area contributed by atoms with Crippen LogP contribution in [0.1, 0.15) is 43.2 Å². The maximum atomic E-state index is 12.9. The molecule has 0 saturated heterocycles. The summed E-state index contributed by atoms with van der Waals surface area (Å²) < 4.78 is 5.72. The minimum Gasteiger partial charge on any atom is -0.389 e. The maximum Gasteiger partial charge on any atom is 0.224 e. The summed E-state index contributed by atoms with van der Waals surface area (Å²) in [7, 11) is 0. The molecular formula is C25H32N2O3. The molecule has 4 rings (SSSR count). The standard InChI is InChI=1S/C25H32N2O3/c28-23(19-30-18-20-8-2-1-3-9-20)17-26-15-14-25(29)27(22-11-5-6-12-22)16-21-10-4-7-13-24(21)26/h1-4,7-10,13,22-23,28H,5-6,11-12,14-19H2/t23-/m1/s1. The molecule has 0 bridgehead atoms. The number of anilines is 1. The molecule has 1 saturated carbocycles. The van der Waals surface area contributed by atoms with Crippen molar-refractivity contribution in [2.75, 3.05) is 24.6 Å². The predicted molar refractivity (Wildman–Crippen MR) is 118 cm³/mol. The van der Waals surface area contributed by atoms with E-state index in [0.29, 0.717) is 38.7 Å². The molecule has 0 aromatic heterocycles. The van der Waals surface area contributed by atoms with E-state index in [4.69, 9.17) is 4.74 Å². The summed E-state index contributed by atoms with van der Waals surface area (Å²) in [6.07, 6.45) is 4.56. The third-order valence-electron chi connectivity index (χ3n) is 6.21. The lowest BCUT2D eigenvalue weighted by Gasteiger charge is -2.36. The molecule has 1 atom stereocenters. The normalized spacial score (nSPS) is 18.8. The first-order valence-electron chi connectivity index (χ1n) is 11.1. The molecule has 2 aromatic rings. The molecule has 0 unspecified atom stereocenters. The van der Waals surface area contributed by atoms with Crippen LogP contribution in [0.5, 0.6) is 0 Å². The third-order valence-corrected chi connectivity index (χ3v) is 6.21. The van der Waals surface area contributed by atoms with Crippen molar-refractivity contribution in [3.63, 3.8) is 0 Å². The quantitative estimate of drug-likeness (QED) is 0.758. The van der Waals surface area contributed by atoms with Crippen molar-refractivity contribution in [2.45, 2.75) is 57.4 Å². The molecule has 1 aliphatic heterocycles. The van der Waals surface area contributed by atoms with Gasteiger partial charge in [-0.1, -0.05) is 61.4 Å². The number of β-amino-alcohol motifs (C(OH)–C–C–N with tert-alkyl or cyclic N) is 1. The van der Waals surface area contributed by atoms with Gasteiger partial charge in [0.05, 0.1) is 19.3 Å². The van der Waals surface area contributed by atoms with Crippen LogP contribution in [0.25, 0.3) is 0 Å². The number of carbonyl (C=O) groups is 1. The topological polar surface area (TPSA) is 53.0 Å². The van der Waals surface area contributed by atoms with Gasteiger partial charge in [-0.15, -0.1) is 0 Å². The van der Waals surface area contributed by atoms with E-state index in [9.17, 15) is 9.90 Å². The summed E-state index contributed by atoms with van der Waals surface area (Å²) >= 11 is 0. The van der Waals surface area contributed by atoms with E-state index in [0.717, 1.165) is 29.7 Å². The molecule has 1 N–H and O–H groups in total. The number of carbonyl (C=O) groups excluding carboxylic acids is 1. The zero-order valence-corrected chi connectivity index (χ0v) is 17.6. The average molecular weight is 409 g/mol. The molecule has 30 heavy (non-hydrogen) atoms. The smallest absolute Gasteiger partial charge is 0.224 e. The van der Waals surface area contributed by atoms with Crippen LogP contribution in [-0.2, 0) is 22.7 Å². The van der Waals surface area contributed by atoms with Crippen molar-refractivity contribution >= 4 is 11.6 Å². The van der Waals surface area contributed by atoms with Gasteiger partial charge in [0.25, 0.3) is 0 Å². The minimum atomic E-state index is -0.609. The van der Waals surface area contributed by atoms with Gasteiger partial charge in [0, 0.05) is 37.8 Å². The first kappa shape index (κ1) is 20.9. The highest BCUT2D eigenvalue weighted by molar-refractivity contribution is 5.78. The molecule has 1 heterocycles. The first-order valence-corrected chi connectivity index (χ1v) is 11.1. The SMILES string of the molecule is O=C1CCN(C[C@@H](O)COCc2ccccc2)c2ccccc2CN1C1CCCC1. The van der Waals surface area contributed by atoms with Gasteiger partial charge in [-0.05, 0) is 30.0 Å². The van der Waals surface area contributed by atoms with Gasteiger partial charge in [-0.3, -0.25) is 4.79 Å². The Morgan fingerprint density at radius 2 is 1.77 bits per heavy atom. The third kappa shape index (κ3) is 5.21. The number of aliphatic hydroxyl groups is 1. The molecule has 0 spiro atoms. The second-order valence-corrected chi connectivity index (χ2v) is 8.44. The molecule has 1 fully saturated rings. The van der Waals surface area contributed by atoms with E-state index >= 15 is 0 Å². The Labute approximate surface area is 179 Å². The number of nitrogens with zero attached hydrogens (tertiary/aromatic N) is 2. The summed E-state index contributed by atoms with van der Waals surface area (Å²) in [5.74, 6) is 0.233. The first-order chi connectivity index (χ1) is 14.7. The van der Waals surface area contributed by atoms with Gasteiger partial charge in [-0.2, -0.15) is 0 Å². The number of amides is 1. The van der Waals surface area contributed by atoms with Crippen LogP contribution < -0.4 is 4.90 Å². The molecule has 2 aromatic carbocycles. The highest BCUT2D eigenvalue weighted by Crippen LogP contribution is 2.30. The van der Waals surface area contributed by atoms with Crippen molar-refractivity contribution in [1.29, 1.82) is 0 Å². The van der Waals surface area contributed by atoms with Gasteiger partial charge < -0.3 is 19.6 Å². The number of aliphatic hydroxyl groups excluding tert-OH is 1. The summed E-state index contributed by atoms with van der Waals surface area (Å²) in [5.41, 5.74) is 3.38. The number of rotatable bonds is 7. The lowest BCUT2D eigenvalue weighted by molar-refractivity contribution is -0.134. The van der Waals surface area contributed by atoms with E-state index < -0.39 is 6.10 Å². The van der Waals surface area contributed by atoms with Crippen LogP contribution in [0.4, 0.5) is 5.69 Å². The fraction of sp³-hybridized carbons (Fsp3) is 0.480. The Morgan fingerprint density at radius 3 is 2.57 bits per heavy atom. The molecule has 1 aliphatic carbocycles. The Kier molecular flexibility index (Phi) is 7.03. The summed E-state index contributed by atoms with van der Waals surface area (Å²) in [5, 5.41) is 10.6. The van der Waals surface area contributed by atoms with Crippen molar-refractivity contribution in [3.8, 4) is 0 Å². The number of para-hydroxylation sites is 1. The largest absolute Gasteiger partial charge is 0.389 e. The minimum absolute atomic E-state index is 0.233. The number of fused-ring (bicyclic) bond motifs is 1. The summed E-state index contributed by atoms with van der Waals surface area (Å²) in [4.78, 5) is 17.2. The fourth-order valence-corrected chi connectivity index (χ4v) is 4.65. The molecule has 1 amide bonds. The average Bonchev–Trinajstić information content (AvgIpc) is 3.29. The van der Waals surface area contributed by atoms with E-state index in [1.165, 1.54) is 12.8 Å². The Balaban J connectivity index is 1.40. The number of ether oxygens (including phenoxy) is 1. The maximum absolute atomic E-state index is 12.9. The van der Waals surface area contributed by atoms with Crippen molar-refractivity contribution in [2.24, 2.45) is 0 Å². The Morgan fingerprint density at radius 1 is 1.03 bits per heavy atom. The van der Waals surface area contributed by atoms with Gasteiger partial charge in [-0.25, -0.2) is 0 Å². The van der Waals surface area contributed by atoms with Gasteiger partial charge >= 0.3 is 0 Å². The van der Waals surface area contributed by atoms with Crippen LogP contribution >= 0.6 is 0 Å².